The van der Waals surface area contributed by atoms with Gasteiger partial charge in [0.25, 0.3) is 0 Å². The quantitative estimate of drug-likeness (QED) is 0.903. The van der Waals surface area contributed by atoms with Gasteiger partial charge < -0.3 is 9.84 Å². The van der Waals surface area contributed by atoms with Crippen LogP contribution in [0.2, 0.25) is 0 Å². The predicted octanol–water partition coefficient (Wildman–Crippen LogP) is 2.26. The summed E-state index contributed by atoms with van der Waals surface area (Å²) in [5, 5.41) is 17.5. The molecule has 2 heterocycles. The van der Waals surface area contributed by atoms with Gasteiger partial charge in [-0.05, 0) is 12.5 Å². The van der Waals surface area contributed by atoms with E-state index in [1.807, 2.05) is 6.92 Å². The van der Waals surface area contributed by atoms with Gasteiger partial charge in [-0.1, -0.05) is 13.3 Å². The van der Waals surface area contributed by atoms with Crippen LogP contribution >= 0.6 is 11.3 Å². The molecule has 0 aliphatic rings. The van der Waals surface area contributed by atoms with E-state index < -0.39 is 5.97 Å². The minimum absolute atomic E-state index is 0.273. The number of hydrogen-bond donors (Lipinski definition) is 1. The van der Waals surface area contributed by atoms with E-state index in [9.17, 15) is 4.79 Å². The van der Waals surface area contributed by atoms with Gasteiger partial charge in [0.05, 0.1) is 12.8 Å². The summed E-state index contributed by atoms with van der Waals surface area (Å²) >= 11 is 1.12. The highest BCUT2D eigenvalue weighted by Gasteiger charge is 2.18. The minimum atomic E-state index is -0.950. The monoisotopic (exact) mass is 279 g/mol. The molecule has 100 valence electrons. The van der Waals surface area contributed by atoms with Crippen molar-refractivity contribution in [2.75, 3.05) is 7.11 Å². The fourth-order valence-corrected chi connectivity index (χ4v) is 2.49. The maximum Gasteiger partial charge on any atom is 0.347 e. The summed E-state index contributed by atoms with van der Waals surface area (Å²) in [6.07, 6.45) is 1.49. The summed E-state index contributed by atoms with van der Waals surface area (Å²) in [6, 6.07) is 3.38. The zero-order valence-electron chi connectivity index (χ0n) is 10.6. The molecule has 0 atom stereocenters. The van der Waals surface area contributed by atoms with E-state index in [0.29, 0.717) is 28.7 Å². The van der Waals surface area contributed by atoms with Crippen LogP contribution in [0.25, 0.3) is 10.7 Å². The normalized spacial score (nSPS) is 10.4. The lowest BCUT2D eigenvalue weighted by atomic mass is 10.2. The molecule has 2 aromatic heterocycles. The Morgan fingerprint density at radius 3 is 2.74 bits per heavy atom. The van der Waals surface area contributed by atoms with Crippen molar-refractivity contribution in [3.8, 4) is 16.6 Å². The molecular formula is C12H13N3O3S. The van der Waals surface area contributed by atoms with Gasteiger partial charge in [0.2, 0.25) is 5.88 Å². The van der Waals surface area contributed by atoms with Crippen LogP contribution in [0.3, 0.4) is 0 Å². The molecule has 0 aliphatic carbocycles. The Morgan fingerprint density at radius 1 is 1.42 bits per heavy atom. The van der Waals surface area contributed by atoms with E-state index in [0.717, 1.165) is 17.8 Å². The molecule has 2 aromatic rings. The number of hydrogen-bond acceptors (Lipinski definition) is 6. The van der Waals surface area contributed by atoms with E-state index >= 15 is 0 Å². The standard InChI is InChI=1S/C12H13N3O3S/c1-3-4-7-10(12(16)17)19-11(13-7)8-5-6-9(18-2)15-14-8/h5-6H,3-4H2,1-2H3,(H,16,17). The number of rotatable bonds is 5. The fourth-order valence-electron chi connectivity index (χ4n) is 1.58. The van der Waals surface area contributed by atoms with Crippen LogP contribution in [0.4, 0.5) is 0 Å². The first-order valence-electron chi connectivity index (χ1n) is 5.76. The van der Waals surface area contributed by atoms with Gasteiger partial charge in [-0.3, -0.25) is 0 Å². The Labute approximate surface area is 114 Å². The predicted molar refractivity (Wildman–Crippen MR) is 70.6 cm³/mol. The molecule has 2 rings (SSSR count). The number of nitrogens with zero attached hydrogens (tertiary/aromatic N) is 3. The van der Waals surface area contributed by atoms with E-state index in [-0.39, 0.29) is 4.88 Å². The fraction of sp³-hybridized carbons (Fsp3) is 0.333. The Morgan fingerprint density at radius 2 is 2.21 bits per heavy atom. The SMILES string of the molecule is CCCc1nc(-c2ccc(OC)nn2)sc1C(=O)O. The highest BCUT2D eigenvalue weighted by molar-refractivity contribution is 7.17. The van der Waals surface area contributed by atoms with Crippen molar-refractivity contribution in [1.82, 2.24) is 15.2 Å². The topological polar surface area (TPSA) is 85.2 Å². The lowest BCUT2D eigenvalue weighted by molar-refractivity contribution is 0.0700. The molecule has 1 N–H and O–H groups in total. The van der Waals surface area contributed by atoms with Crippen LogP contribution < -0.4 is 4.74 Å². The van der Waals surface area contributed by atoms with E-state index in [1.165, 1.54) is 7.11 Å². The lowest BCUT2D eigenvalue weighted by Gasteiger charge is -1.97. The number of thiazole rings is 1. The molecule has 6 nitrogen and oxygen atoms in total. The Hall–Kier alpha value is -2.02. The van der Waals surface area contributed by atoms with Crippen LogP contribution in [-0.2, 0) is 6.42 Å². The molecule has 0 amide bonds. The molecule has 0 fully saturated rings. The van der Waals surface area contributed by atoms with Gasteiger partial charge in [0.1, 0.15) is 15.6 Å². The summed E-state index contributed by atoms with van der Waals surface area (Å²) in [4.78, 5) is 15.8. The number of carboxylic acids is 1. The number of methoxy groups -OCH3 is 1. The van der Waals surface area contributed by atoms with Crippen LogP contribution in [0.1, 0.15) is 28.7 Å². The Balaban J connectivity index is 2.38. The molecule has 7 heteroatoms. The van der Waals surface area contributed by atoms with E-state index in [4.69, 9.17) is 9.84 Å². The molecule has 0 saturated heterocycles. The minimum Gasteiger partial charge on any atom is -0.480 e. The molecule has 0 bridgehead atoms. The third kappa shape index (κ3) is 2.87. The molecule has 0 aliphatic heterocycles. The van der Waals surface area contributed by atoms with Gasteiger partial charge in [0.15, 0.2) is 0 Å². The third-order valence-corrected chi connectivity index (χ3v) is 3.55. The molecular weight excluding hydrogens is 266 g/mol. The summed E-state index contributed by atoms with van der Waals surface area (Å²) in [6.45, 7) is 1.98. The van der Waals surface area contributed by atoms with Crippen molar-refractivity contribution in [2.45, 2.75) is 19.8 Å². The molecule has 19 heavy (non-hydrogen) atoms. The van der Waals surface area contributed by atoms with Crippen molar-refractivity contribution in [1.29, 1.82) is 0 Å². The third-order valence-electron chi connectivity index (χ3n) is 2.45. The first-order chi connectivity index (χ1) is 9.15. The first kappa shape index (κ1) is 13.4. The van der Waals surface area contributed by atoms with Gasteiger partial charge in [-0.2, -0.15) is 0 Å². The van der Waals surface area contributed by atoms with Crippen molar-refractivity contribution in [3.05, 3.63) is 22.7 Å². The largest absolute Gasteiger partial charge is 0.480 e. The maximum absolute atomic E-state index is 11.2. The maximum atomic E-state index is 11.2. The Kier molecular flexibility index (Phi) is 4.06. The van der Waals surface area contributed by atoms with Crippen LogP contribution in [0, 0.1) is 0 Å². The number of carboxylic acid groups (broad SMARTS) is 1. The second-order valence-electron chi connectivity index (χ2n) is 3.81. The molecule has 0 spiro atoms. The molecule has 0 radical (unpaired) electrons. The van der Waals surface area contributed by atoms with Crippen LogP contribution in [0.5, 0.6) is 5.88 Å². The van der Waals surface area contributed by atoms with E-state index in [2.05, 4.69) is 15.2 Å². The van der Waals surface area contributed by atoms with Crippen molar-refractivity contribution < 1.29 is 14.6 Å². The van der Waals surface area contributed by atoms with Crippen molar-refractivity contribution >= 4 is 17.3 Å². The molecule has 0 aromatic carbocycles. The first-order valence-corrected chi connectivity index (χ1v) is 6.58. The zero-order valence-corrected chi connectivity index (χ0v) is 11.4. The Bertz CT molecular complexity index is 580. The highest BCUT2D eigenvalue weighted by Crippen LogP contribution is 2.27. The number of aryl methyl sites for hydroxylation is 1. The second kappa shape index (κ2) is 5.75. The molecule has 0 unspecified atom stereocenters. The van der Waals surface area contributed by atoms with Crippen molar-refractivity contribution in [3.63, 3.8) is 0 Å². The summed E-state index contributed by atoms with van der Waals surface area (Å²) < 4.78 is 4.93. The second-order valence-corrected chi connectivity index (χ2v) is 4.81. The van der Waals surface area contributed by atoms with Gasteiger partial charge in [-0.15, -0.1) is 21.5 Å². The van der Waals surface area contributed by atoms with Crippen LogP contribution in [-0.4, -0.2) is 33.4 Å². The smallest absolute Gasteiger partial charge is 0.347 e. The highest BCUT2D eigenvalue weighted by atomic mass is 32.1. The summed E-state index contributed by atoms with van der Waals surface area (Å²) in [5.41, 5.74) is 1.16. The summed E-state index contributed by atoms with van der Waals surface area (Å²) in [7, 11) is 1.51. The number of carbonyl (C=O) groups is 1. The van der Waals surface area contributed by atoms with Gasteiger partial charge in [-0.25, -0.2) is 9.78 Å². The number of ether oxygens (including phenoxy) is 1. The van der Waals surface area contributed by atoms with Crippen molar-refractivity contribution in [2.24, 2.45) is 0 Å². The van der Waals surface area contributed by atoms with E-state index in [1.54, 1.807) is 12.1 Å². The zero-order chi connectivity index (χ0) is 13.8. The summed E-state index contributed by atoms with van der Waals surface area (Å²) in [5.74, 6) is -0.541. The lowest BCUT2D eigenvalue weighted by Crippen LogP contribution is -1.98. The average Bonchev–Trinajstić information content (AvgIpc) is 2.83. The number of aromatic carboxylic acids is 1. The van der Waals surface area contributed by atoms with Gasteiger partial charge >= 0.3 is 5.97 Å². The number of aromatic nitrogens is 3. The van der Waals surface area contributed by atoms with Gasteiger partial charge in [0, 0.05) is 6.07 Å². The van der Waals surface area contributed by atoms with Crippen LogP contribution in [0.15, 0.2) is 12.1 Å². The average molecular weight is 279 g/mol. The molecule has 0 saturated carbocycles.